The first-order valence-corrected chi connectivity index (χ1v) is 7.04. The molecule has 0 aromatic carbocycles. The molecule has 86 valence electrons. The Hall–Kier alpha value is -0.0400. The van der Waals surface area contributed by atoms with Crippen LogP contribution in [0.3, 0.4) is 0 Å². The van der Waals surface area contributed by atoms with Gasteiger partial charge < -0.3 is 5.32 Å². The molecule has 0 amide bonds. The van der Waals surface area contributed by atoms with E-state index in [9.17, 15) is 0 Å². The fraction of sp³-hybridized carbons (Fsp3) is 1.00. The zero-order chi connectivity index (χ0) is 10.2. The average molecular weight is 207 g/mol. The zero-order valence-electron chi connectivity index (χ0n) is 9.99. The average Bonchev–Trinajstić information content (AvgIpc) is 2.74. The minimum absolute atomic E-state index is 0.739. The van der Waals surface area contributed by atoms with Crippen molar-refractivity contribution in [2.45, 2.75) is 64.2 Å². The smallest absolute Gasteiger partial charge is 0.000829 e. The first-order chi connectivity index (χ1) is 7.33. The van der Waals surface area contributed by atoms with Gasteiger partial charge in [0.2, 0.25) is 0 Å². The molecule has 0 bridgehead atoms. The van der Waals surface area contributed by atoms with Crippen LogP contribution in [0.25, 0.3) is 0 Å². The van der Waals surface area contributed by atoms with Crippen molar-refractivity contribution in [3.8, 4) is 0 Å². The maximum absolute atomic E-state index is 3.57. The number of nitrogens with one attached hydrogen (secondary N) is 1. The lowest BCUT2D eigenvalue weighted by Crippen LogP contribution is -2.36. The van der Waals surface area contributed by atoms with E-state index in [-0.39, 0.29) is 0 Å². The molecular weight excluding hydrogens is 182 g/mol. The van der Waals surface area contributed by atoms with Crippen LogP contribution in [0.15, 0.2) is 0 Å². The van der Waals surface area contributed by atoms with Crippen molar-refractivity contribution in [3.05, 3.63) is 0 Å². The molecule has 2 spiro atoms. The second-order valence-electron chi connectivity index (χ2n) is 6.49. The SMILES string of the molecule is C1CCC2(CC1)CCC1(CCNC1)CC2. The second-order valence-corrected chi connectivity index (χ2v) is 6.49. The third-order valence-electron chi connectivity index (χ3n) is 5.62. The van der Waals surface area contributed by atoms with Crippen molar-refractivity contribution in [3.63, 3.8) is 0 Å². The molecule has 3 aliphatic rings. The molecule has 1 heterocycles. The van der Waals surface area contributed by atoms with E-state index >= 15 is 0 Å². The molecule has 3 rings (SSSR count). The van der Waals surface area contributed by atoms with Gasteiger partial charge >= 0.3 is 0 Å². The summed E-state index contributed by atoms with van der Waals surface area (Å²) in [5.41, 5.74) is 1.55. The highest BCUT2D eigenvalue weighted by Crippen LogP contribution is 2.54. The van der Waals surface area contributed by atoms with Gasteiger partial charge in [-0.2, -0.15) is 0 Å². The number of hydrogen-bond donors (Lipinski definition) is 1. The van der Waals surface area contributed by atoms with Gasteiger partial charge in [-0.3, -0.25) is 0 Å². The Morgan fingerprint density at radius 1 is 0.600 bits per heavy atom. The van der Waals surface area contributed by atoms with Crippen LogP contribution in [-0.2, 0) is 0 Å². The predicted molar refractivity (Wildman–Crippen MR) is 63.9 cm³/mol. The van der Waals surface area contributed by atoms with Crippen LogP contribution in [0.2, 0.25) is 0 Å². The molecule has 1 nitrogen and oxygen atoms in total. The van der Waals surface area contributed by atoms with E-state index in [1.807, 2.05) is 0 Å². The lowest BCUT2D eigenvalue weighted by atomic mass is 9.59. The minimum atomic E-state index is 0.739. The van der Waals surface area contributed by atoms with Crippen molar-refractivity contribution in [1.29, 1.82) is 0 Å². The quantitative estimate of drug-likeness (QED) is 0.641. The summed E-state index contributed by atoms with van der Waals surface area (Å²) in [6.07, 6.45) is 15.3. The summed E-state index contributed by atoms with van der Waals surface area (Å²) >= 11 is 0. The Morgan fingerprint density at radius 3 is 1.87 bits per heavy atom. The Balaban J connectivity index is 1.63. The molecule has 1 saturated heterocycles. The van der Waals surface area contributed by atoms with Gasteiger partial charge in [0.25, 0.3) is 0 Å². The molecule has 0 aromatic heterocycles. The first kappa shape index (κ1) is 10.1. The van der Waals surface area contributed by atoms with Crippen molar-refractivity contribution >= 4 is 0 Å². The molecule has 3 fully saturated rings. The summed E-state index contributed by atoms with van der Waals surface area (Å²) in [4.78, 5) is 0. The largest absolute Gasteiger partial charge is 0.316 e. The molecule has 0 aromatic rings. The molecule has 0 atom stereocenters. The zero-order valence-corrected chi connectivity index (χ0v) is 9.99. The third kappa shape index (κ3) is 1.84. The molecule has 15 heavy (non-hydrogen) atoms. The van der Waals surface area contributed by atoms with Gasteiger partial charge in [-0.05, 0) is 62.3 Å². The highest BCUT2D eigenvalue weighted by atomic mass is 14.9. The fourth-order valence-corrected chi connectivity index (χ4v) is 4.33. The molecule has 0 radical (unpaired) electrons. The van der Waals surface area contributed by atoms with Crippen LogP contribution in [0.4, 0.5) is 0 Å². The first-order valence-electron chi connectivity index (χ1n) is 7.04. The van der Waals surface area contributed by atoms with E-state index in [1.165, 1.54) is 51.6 Å². The van der Waals surface area contributed by atoms with Crippen LogP contribution < -0.4 is 5.32 Å². The van der Waals surface area contributed by atoms with Crippen molar-refractivity contribution in [1.82, 2.24) is 5.32 Å². The van der Waals surface area contributed by atoms with Crippen LogP contribution in [0.5, 0.6) is 0 Å². The Labute approximate surface area is 94.0 Å². The molecule has 0 unspecified atom stereocenters. The maximum Gasteiger partial charge on any atom is 0.000829 e. The standard InChI is InChI=1S/C14H25N/c1-2-4-13(5-3-1)6-8-14(9-7-13)10-11-15-12-14/h15H,1-12H2. The lowest BCUT2D eigenvalue weighted by Gasteiger charge is -2.47. The molecule has 2 aliphatic carbocycles. The van der Waals surface area contributed by atoms with Crippen molar-refractivity contribution in [2.75, 3.05) is 13.1 Å². The third-order valence-corrected chi connectivity index (χ3v) is 5.62. The monoisotopic (exact) mass is 207 g/mol. The van der Waals surface area contributed by atoms with Crippen LogP contribution in [-0.4, -0.2) is 13.1 Å². The van der Waals surface area contributed by atoms with Gasteiger partial charge in [0.1, 0.15) is 0 Å². The normalized spacial score (nSPS) is 33.6. The highest BCUT2D eigenvalue weighted by Gasteiger charge is 2.43. The fourth-order valence-electron chi connectivity index (χ4n) is 4.33. The molecule has 1 aliphatic heterocycles. The Bertz CT molecular complexity index is 209. The summed E-state index contributed by atoms with van der Waals surface area (Å²) in [6, 6.07) is 0. The van der Waals surface area contributed by atoms with Gasteiger partial charge in [-0.1, -0.05) is 19.3 Å². The van der Waals surface area contributed by atoms with Gasteiger partial charge in [-0.15, -0.1) is 0 Å². The van der Waals surface area contributed by atoms with Crippen LogP contribution >= 0.6 is 0 Å². The summed E-state index contributed by atoms with van der Waals surface area (Å²) in [6.45, 7) is 2.61. The van der Waals surface area contributed by atoms with E-state index in [0.717, 1.165) is 10.8 Å². The number of rotatable bonds is 0. The summed E-state index contributed by atoms with van der Waals surface area (Å²) in [7, 11) is 0. The van der Waals surface area contributed by atoms with E-state index in [1.54, 1.807) is 25.7 Å². The Morgan fingerprint density at radius 2 is 1.27 bits per heavy atom. The second kappa shape index (κ2) is 3.76. The number of hydrogen-bond acceptors (Lipinski definition) is 1. The lowest BCUT2D eigenvalue weighted by molar-refractivity contribution is 0.0557. The van der Waals surface area contributed by atoms with Gasteiger partial charge in [-0.25, -0.2) is 0 Å². The van der Waals surface area contributed by atoms with Gasteiger partial charge in [0.15, 0.2) is 0 Å². The van der Waals surface area contributed by atoms with E-state index < -0.39 is 0 Å². The highest BCUT2D eigenvalue weighted by molar-refractivity contribution is 4.97. The molecule has 2 saturated carbocycles. The summed E-state index contributed by atoms with van der Waals surface area (Å²) in [5, 5.41) is 3.57. The van der Waals surface area contributed by atoms with Gasteiger partial charge in [0.05, 0.1) is 0 Å². The summed E-state index contributed by atoms with van der Waals surface area (Å²) < 4.78 is 0. The van der Waals surface area contributed by atoms with Crippen LogP contribution in [0.1, 0.15) is 64.2 Å². The predicted octanol–water partition coefficient (Wildman–Crippen LogP) is 3.49. The van der Waals surface area contributed by atoms with Gasteiger partial charge in [0, 0.05) is 6.54 Å². The molecule has 1 N–H and O–H groups in total. The minimum Gasteiger partial charge on any atom is -0.316 e. The van der Waals surface area contributed by atoms with E-state index in [4.69, 9.17) is 0 Å². The van der Waals surface area contributed by atoms with Crippen molar-refractivity contribution < 1.29 is 0 Å². The summed E-state index contributed by atoms with van der Waals surface area (Å²) in [5.74, 6) is 0. The van der Waals surface area contributed by atoms with E-state index in [0.29, 0.717) is 0 Å². The molecular formula is C14H25N. The van der Waals surface area contributed by atoms with Crippen molar-refractivity contribution in [2.24, 2.45) is 10.8 Å². The molecule has 1 heteroatoms. The van der Waals surface area contributed by atoms with E-state index in [2.05, 4.69) is 5.32 Å². The Kier molecular flexibility index (Phi) is 2.54. The topological polar surface area (TPSA) is 12.0 Å². The maximum atomic E-state index is 3.57. The van der Waals surface area contributed by atoms with Crippen LogP contribution in [0, 0.1) is 10.8 Å².